The molecular weight excluding hydrogens is 358 g/mol. The van der Waals surface area contributed by atoms with Crippen LogP contribution in [0.3, 0.4) is 0 Å². The molecule has 146 valence electrons. The van der Waals surface area contributed by atoms with E-state index in [0.29, 0.717) is 13.2 Å². The average molecular weight is 388 g/mol. The van der Waals surface area contributed by atoms with E-state index in [-0.39, 0.29) is 24.5 Å². The first kappa shape index (κ1) is 21.2. The van der Waals surface area contributed by atoms with Gasteiger partial charge in [-0.15, -0.1) is 11.5 Å². The van der Waals surface area contributed by atoms with Crippen molar-refractivity contribution < 1.29 is 19.1 Å². The van der Waals surface area contributed by atoms with Gasteiger partial charge in [-0.3, -0.25) is 4.79 Å². The fraction of sp³-hybridized carbons (Fsp3) is 0.524. The van der Waals surface area contributed by atoms with Crippen LogP contribution in [0.15, 0.2) is 30.3 Å². The molecule has 2 rings (SSSR count). The lowest BCUT2D eigenvalue weighted by atomic mass is 9.89. The Morgan fingerprint density at radius 3 is 2.48 bits per heavy atom. The highest BCUT2D eigenvalue weighted by molar-refractivity contribution is 6.83. The summed E-state index contributed by atoms with van der Waals surface area (Å²) >= 11 is 0. The van der Waals surface area contributed by atoms with Crippen LogP contribution < -0.4 is 0 Å². The number of rotatable bonds is 6. The molecule has 27 heavy (non-hydrogen) atoms. The van der Waals surface area contributed by atoms with Crippen molar-refractivity contribution in [3.8, 4) is 11.5 Å². The highest BCUT2D eigenvalue weighted by atomic mass is 28.3. The zero-order chi connectivity index (χ0) is 20.0. The van der Waals surface area contributed by atoms with E-state index in [0.717, 1.165) is 5.56 Å². The second-order valence-corrected chi connectivity index (χ2v) is 12.7. The SMILES string of the molecule is C[C@H](OCc1ccccc1)[C@@H](C#C[Si](C)(C)C)[C@@H](C)C(=O)N1CCOC1=O. The predicted molar refractivity (Wildman–Crippen MR) is 108 cm³/mol. The lowest BCUT2D eigenvalue weighted by Crippen LogP contribution is -2.41. The smallest absolute Gasteiger partial charge is 0.416 e. The topological polar surface area (TPSA) is 55.8 Å². The number of amides is 2. The third-order valence-corrected chi connectivity index (χ3v) is 5.32. The van der Waals surface area contributed by atoms with Gasteiger partial charge in [0.15, 0.2) is 0 Å². The largest absolute Gasteiger partial charge is 0.447 e. The van der Waals surface area contributed by atoms with Crippen LogP contribution in [0.1, 0.15) is 19.4 Å². The molecule has 2 amide bonds. The Hall–Kier alpha value is -2.10. The second kappa shape index (κ2) is 9.20. The van der Waals surface area contributed by atoms with Gasteiger partial charge in [0, 0.05) is 0 Å². The molecule has 0 spiro atoms. The average Bonchev–Trinajstić information content (AvgIpc) is 3.05. The Bertz CT molecular complexity index is 717. The molecule has 0 radical (unpaired) electrons. The Morgan fingerprint density at radius 1 is 1.26 bits per heavy atom. The first-order valence-electron chi connectivity index (χ1n) is 9.35. The van der Waals surface area contributed by atoms with Gasteiger partial charge >= 0.3 is 6.09 Å². The van der Waals surface area contributed by atoms with E-state index in [1.807, 2.05) is 44.2 Å². The number of hydrogen-bond donors (Lipinski definition) is 0. The van der Waals surface area contributed by atoms with E-state index in [4.69, 9.17) is 9.47 Å². The van der Waals surface area contributed by atoms with Crippen molar-refractivity contribution in [1.82, 2.24) is 4.90 Å². The van der Waals surface area contributed by atoms with Gasteiger partial charge in [-0.25, -0.2) is 9.69 Å². The van der Waals surface area contributed by atoms with E-state index >= 15 is 0 Å². The van der Waals surface area contributed by atoms with E-state index in [1.165, 1.54) is 4.90 Å². The summed E-state index contributed by atoms with van der Waals surface area (Å²) in [4.78, 5) is 25.8. The molecule has 1 aromatic rings. The molecule has 0 N–H and O–H groups in total. The number of nitrogens with zero attached hydrogens (tertiary/aromatic N) is 1. The fourth-order valence-electron chi connectivity index (χ4n) is 2.85. The number of cyclic esters (lactones) is 1. The predicted octanol–water partition coefficient (Wildman–Crippen LogP) is 3.70. The molecule has 0 bridgehead atoms. The molecule has 1 aliphatic rings. The van der Waals surface area contributed by atoms with Crippen LogP contribution in [0.4, 0.5) is 4.79 Å². The van der Waals surface area contributed by atoms with Gasteiger partial charge in [0.05, 0.1) is 31.1 Å². The zero-order valence-corrected chi connectivity index (χ0v) is 17.8. The van der Waals surface area contributed by atoms with Crippen LogP contribution in [0, 0.1) is 23.3 Å². The fourth-order valence-corrected chi connectivity index (χ4v) is 3.45. The molecular formula is C21H29NO4Si. The van der Waals surface area contributed by atoms with E-state index in [1.54, 1.807) is 0 Å². The Balaban J connectivity index is 2.14. The summed E-state index contributed by atoms with van der Waals surface area (Å²) in [5.74, 6) is 2.31. The van der Waals surface area contributed by atoms with Gasteiger partial charge in [-0.05, 0) is 12.5 Å². The molecule has 1 heterocycles. The van der Waals surface area contributed by atoms with Crippen LogP contribution in [-0.2, 0) is 20.9 Å². The summed E-state index contributed by atoms with van der Waals surface area (Å²) < 4.78 is 10.9. The Morgan fingerprint density at radius 2 is 1.93 bits per heavy atom. The van der Waals surface area contributed by atoms with Gasteiger partial charge in [0.25, 0.3) is 0 Å². The monoisotopic (exact) mass is 387 g/mol. The highest BCUT2D eigenvalue weighted by Gasteiger charge is 2.36. The number of carbonyl (C=O) groups excluding carboxylic acids is 2. The third-order valence-electron chi connectivity index (χ3n) is 4.43. The summed E-state index contributed by atoms with van der Waals surface area (Å²) in [5.41, 5.74) is 4.43. The first-order chi connectivity index (χ1) is 12.7. The molecule has 0 aliphatic carbocycles. The van der Waals surface area contributed by atoms with Gasteiger partial charge in [-0.2, -0.15) is 0 Å². The summed E-state index contributed by atoms with van der Waals surface area (Å²) in [6.07, 6.45) is -0.812. The number of carbonyl (C=O) groups is 2. The molecule has 1 fully saturated rings. The van der Waals surface area contributed by atoms with Crippen molar-refractivity contribution in [3.05, 3.63) is 35.9 Å². The normalized spacial score (nSPS) is 17.5. The number of benzene rings is 1. The van der Waals surface area contributed by atoms with Crippen molar-refractivity contribution in [2.75, 3.05) is 13.2 Å². The molecule has 0 saturated carbocycles. The minimum atomic E-state index is -1.61. The number of imide groups is 1. The van der Waals surface area contributed by atoms with Crippen molar-refractivity contribution in [1.29, 1.82) is 0 Å². The molecule has 1 saturated heterocycles. The van der Waals surface area contributed by atoms with Gasteiger partial charge < -0.3 is 9.47 Å². The zero-order valence-electron chi connectivity index (χ0n) is 16.8. The molecule has 1 aliphatic heterocycles. The minimum Gasteiger partial charge on any atom is -0.447 e. The lowest BCUT2D eigenvalue weighted by Gasteiger charge is -2.27. The Kier molecular flexibility index (Phi) is 7.23. The first-order valence-corrected chi connectivity index (χ1v) is 12.9. The third kappa shape index (κ3) is 6.23. The van der Waals surface area contributed by atoms with Crippen molar-refractivity contribution in [2.24, 2.45) is 11.8 Å². The number of ether oxygens (including phenoxy) is 2. The van der Waals surface area contributed by atoms with E-state index in [2.05, 4.69) is 31.1 Å². The maximum Gasteiger partial charge on any atom is 0.416 e. The number of hydrogen-bond acceptors (Lipinski definition) is 4. The van der Waals surface area contributed by atoms with Crippen LogP contribution in [0.2, 0.25) is 19.6 Å². The van der Waals surface area contributed by atoms with Crippen molar-refractivity contribution >= 4 is 20.1 Å². The summed E-state index contributed by atoms with van der Waals surface area (Å²) in [6, 6.07) is 9.91. The van der Waals surface area contributed by atoms with Crippen LogP contribution >= 0.6 is 0 Å². The van der Waals surface area contributed by atoms with E-state index in [9.17, 15) is 9.59 Å². The summed E-state index contributed by atoms with van der Waals surface area (Å²) in [5, 5.41) is 0. The van der Waals surface area contributed by atoms with Crippen LogP contribution in [0.25, 0.3) is 0 Å². The van der Waals surface area contributed by atoms with Crippen LogP contribution in [-0.4, -0.2) is 44.2 Å². The summed E-state index contributed by atoms with van der Waals surface area (Å²) in [7, 11) is -1.61. The molecule has 3 atom stereocenters. The molecule has 6 heteroatoms. The highest BCUT2D eigenvalue weighted by Crippen LogP contribution is 2.23. The standard InChI is InChI=1S/C21H29NO4Si/c1-16(20(23)22-12-13-25-21(22)24)19(11-14-27(3,4)5)17(2)26-15-18-9-7-6-8-10-18/h6-10,16-17,19H,12-13,15H2,1-5H3/t16-,17+,19+/m1/s1. The minimum absolute atomic E-state index is 0.244. The van der Waals surface area contributed by atoms with Crippen molar-refractivity contribution in [3.63, 3.8) is 0 Å². The van der Waals surface area contributed by atoms with Crippen LogP contribution in [0.5, 0.6) is 0 Å². The van der Waals surface area contributed by atoms with Gasteiger partial charge in [0.1, 0.15) is 14.7 Å². The molecule has 1 aromatic carbocycles. The lowest BCUT2D eigenvalue weighted by molar-refractivity contribution is -0.134. The quantitative estimate of drug-likeness (QED) is 0.552. The Labute approximate surface area is 163 Å². The summed E-state index contributed by atoms with van der Waals surface area (Å²) in [6.45, 7) is 11.3. The molecule has 0 unspecified atom stereocenters. The van der Waals surface area contributed by atoms with Gasteiger partial charge in [-0.1, -0.05) is 56.9 Å². The maximum atomic E-state index is 12.8. The molecule has 5 nitrogen and oxygen atoms in total. The second-order valence-electron chi connectivity index (χ2n) is 7.94. The maximum absolute atomic E-state index is 12.8. The van der Waals surface area contributed by atoms with Crippen molar-refractivity contribution in [2.45, 2.75) is 46.2 Å². The van der Waals surface area contributed by atoms with E-state index < -0.39 is 20.1 Å². The molecule has 0 aromatic heterocycles. The van der Waals surface area contributed by atoms with Gasteiger partial charge in [0.2, 0.25) is 5.91 Å².